The van der Waals surface area contributed by atoms with E-state index in [-0.39, 0.29) is 0 Å². The van der Waals surface area contributed by atoms with Gasteiger partial charge >= 0.3 is 176 Å². The van der Waals surface area contributed by atoms with Crippen molar-refractivity contribution in [1.29, 1.82) is 0 Å². The van der Waals surface area contributed by atoms with Gasteiger partial charge in [0, 0.05) is 0 Å². The number of hydrogen-bond donors (Lipinski definition) is 1. The van der Waals surface area contributed by atoms with Gasteiger partial charge in [-0.3, -0.25) is 0 Å². The van der Waals surface area contributed by atoms with Crippen LogP contribution in [0.15, 0.2) is 35.4 Å². The van der Waals surface area contributed by atoms with Crippen LogP contribution < -0.4 is 14.3 Å². The summed E-state index contributed by atoms with van der Waals surface area (Å²) in [6.45, 7) is 8.70. The van der Waals surface area contributed by atoms with Crippen molar-refractivity contribution in [3.63, 3.8) is 0 Å². The normalized spacial score (nSPS) is 21.8. The second-order valence-electron chi connectivity index (χ2n) is 7.65. The first-order valence-corrected chi connectivity index (χ1v) is 11.4. The molecule has 148 valence electrons. The van der Waals surface area contributed by atoms with E-state index in [1.165, 1.54) is 21.0 Å². The van der Waals surface area contributed by atoms with Crippen LogP contribution in [0.4, 0.5) is 5.82 Å². The number of rotatable bonds is 6. The minimum absolute atomic E-state index is 0.470. The van der Waals surface area contributed by atoms with E-state index in [1.54, 1.807) is 16.9 Å². The van der Waals surface area contributed by atoms with E-state index in [9.17, 15) is 0 Å². The molecule has 2 unspecified atom stereocenters. The Morgan fingerprint density at radius 1 is 1.18 bits per heavy atom. The van der Waals surface area contributed by atoms with Crippen molar-refractivity contribution in [3.05, 3.63) is 52.7 Å². The molecule has 3 heterocycles. The summed E-state index contributed by atoms with van der Waals surface area (Å²) in [6, 6.07) is 11.0. The third kappa shape index (κ3) is 3.57. The molecular formula is C22H30AsN4O+. The Morgan fingerprint density at radius 2 is 1.93 bits per heavy atom. The second kappa shape index (κ2) is 8.46. The van der Waals surface area contributed by atoms with Gasteiger partial charge in [-0.05, 0) is 0 Å². The maximum absolute atomic E-state index is 5.60. The van der Waals surface area contributed by atoms with Crippen LogP contribution in [-0.4, -0.2) is 53.9 Å². The SMILES string of the molecule is CC[N+]1(C2CCOCC2)N=Cc2c1nc(C)c(CNCc1ccccc1)c2[AsH2]. The quantitative estimate of drug-likeness (QED) is 0.550. The number of hydrogen-bond acceptors (Lipinski definition) is 4. The number of nitrogens with zero attached hydrogens (tertiary/aromatic N) is 3. The van der Waals surface area contributed by atoms with Crippen LogP contribution in [0.2, 0.25) is 0 Å². The summed E-state index contributed by atoms with van der Waals surface area (Å²) in [7, 11) is 0. The Hall–Kier alpha value is -1.52. The Labute approximate surface area is 176 Å². The molecule has 2 aliphatic heterocycles. The minimum atomic E-state index is 0.470. The first-order chi connectivity index (χ1) is 13.7. The zero-order chi connectivity index (χ0) is 19.6. The molecule has 1 aromatic carbocycles. The molecule has 0 radical (unpaired) electrons. The summed E-state index contributed by atoms with van der Waals surface area (Å²) >= 11 is 1.67. The Balaban J connectivity index is 1.58. The molecule has 1 saturated heterocycles. The number of nitrogens with one attached hydrogen (secondary N) is 1. The molecule has 28 heavy (non-hydrogen) atoms. The van der Waals surface area contributed by atoms with Crippen molar-refractivity contribution in [3.8, 4) is 0 Å². The monoisotopic (exact) mass is 441 g/mol. The molecule has 2 atom stereocenters. The molecule has 5 nitrogen and oxygen atoms in total. The molecule has 0 aliphatic carbocycles. The van der Waals surface area contributed by atoms with Crippen LogP contribution in [0.25, 0.3) is 0 Å². The van der Waals surface area contributed by atoms with Gasteiger partial charge in [-0.25, -0.2) is 0 Å². The third-order valence-corrected chi connectivity index (χ3v) is 7.46. The molecule has 0 amide bonds. The van der Waals surface area contributed by atoms with Gasteiger partial charge in [0.05, 0.1) is 0 Å². The number of quaternary nitrogens is 1. The molecule has 6 heteroatoms. The summed E-state index contributed by atoms with van der Waals surface area (Å²) in [4.78, 5) is 5.12. The summed E-state index contributed by atoms with van der Waals surface area (Å²) in [5, 5.41) is 8.63. The molecule has 0 bridgehead atoms. The third-order valence-electron chi connectivity index (χ3n) is 6.08. The van der Waals surface area contributed by atoms with E-state index in [0.29, 0.717) is 10.6 Å². The van der Waals surface area contributed by atoms with Crippen molar-refractivity contribution in [2.24, 2.45) is 5.10 Å². The fourth-order valence-electron chi connectivity index (χ4n) is 4.42. The maximum atomic E-state index is 5.60. The van der Waals surface area contributed by atoms with Crippen LogP contribution in [0.1, 0.15) is 42.1 Å². The summed E-state index contributed by atoms with van der Waals surface area (Å²) < 4.78 is 7.62. The number of aromatic nitrogens is 1. The van der Waals surface area contributed by atoms with Gasteiger partial charge in [0.25, 0.3) is 0 Å². The van der Waals surface area contributed by atoms with Gasteiger partial charge in [0.2, 0.25) is 0 Å². The van der Waals surface area contributed by atoms with E-state index in [4.69, 9.17) is 14.8 Å². The Morgan fingerprint density at radius 3 is 2.64 bits per heavy atom. The zero-order valence-electron chi connectivity index (χ0n) is 16.8. The van der Waals surface area contributed by atoms with E-state index >= 15 is 0 Å². The number of pyridine rings is 1. The molecule has 1 aromatic heterocycles. The Bertz CT molecular complexity index is 865. The number of aryl methyl sites for hydroxylation is 1. The van der Waals surface area contributed by atoms with Crippen LogP contribution in [-0.2, 0) is 17.8 Å². The summed E-state index contributed by atoms with van der Waals surface area (Å²) in [5.41, 5.74) is 5.01. The molecular weight excluding hydrogens is 411 g/mol. The molecule has 1 fully saturated rings. The average molecular weight is 441 g/mol. The standard InChI is InChI=1S/C22H30AsN4O/c1-3-27(18-9-11-28-12-10-18)22-20(15-25-27)21(23)19(16(2)26-22)14-24-13-17-7-5-4-6-8-17/h4-8,15,18,24H,3,9-14,23H2,1-2H3/q+1. The first kappa shape index (κ1) is 19.8. The van der Waals surface area contributed by atoms with Gasteiger partial charge in [0.1, 0.15) is 0 Å². The van der Waals surface area contributed by atoms with E-state index in [1.807, 2.05) is 0 Å². The predicted octanol–water partition coefficient (Wildman–Crippen LogP) is 1.79. The van der Waals surface area contributed by atoms with E-state index in [2.05, 4.69) is 55.7 Å². The van der Waals surface area contributed by atoms with Gasteiger partial charge in [0.15, 0.2) is 0 Å². The first-order valence-electron chi connectivity index (χ1n) is 10.2. The number of ether oxygens (including phenoxy) is 1. The molecule has 0 spiro atoms. The van der Waals surface area contributed by atoms with Gasteiger partial charge in [-0.15, -0.1) is 0 Å². The number of benzene rings is 1. The van der Waals surface area contributed by atoms with Crippen molar-refractivity contribution in [2.45, 2.75) is 45.8 Å². The second-order valence-corrected chi connectivity index (χ2v) is 8.86. The van der Waals surface area contributed by atoms with Crippen LogP contribution in [0.3, 0.4) is 0 Å². The fraction of sp³-hybridized carbons (Fsp3) is 0.455. The van der Waals surface area contributed by atoms with E-state index < -0.39 is 0 Å². The van der Waals surface area contributed by atoms with Crippen molar-refractivity contribution < 1.29 is 4.74 Å². The average Bonchev–Trinajstić information content (AvgIpc) is 3.11. The molecule has 0 saturated carbocycles. The molecule has 1 N–H and O–H groups in total. The van der Waals surface area contributed by atoms with Crippen LogP contribution in [0.5, 0.6) is 0 Å². The predicted molar refractivity (Wildman–Crippen MR) is 118 cm³/mol. The fourth-order valence-corrected chi connectivity index (χ4v) is 5.50. The van der Waals surface area contributed by atoms with Crippen molar-refractivity contribution >= 4 is 33.2 Å². The van der Waals surface area contributed by atoms with Crippen molar-refractivity contribution in [2.75, 3.05) is 19.8 Å². The van der Waals surface area contributed by atoms with Gasteiger partial charge < -0.3 is 0 Å². The van der Waals surface area contributed by atoms with E-state index in [0.717, 1.165) is 57.2 Å². The number of fused-ring (bicyclic) bond motifs is 1. The van der Waals surface area contributed by atoms with Crippen LogP contribution in [0, 0.1) is 6.92 Å². The van der Waals surface area contributed by atoms with Gasteiger partial charge in [-0.2, -0.15) is 0 Å². The zero-order valence-corrected chi connectivity index (χ0v) is 19.2. The molecule has 2 aromatic rings. The van der Waals surface area contributed by atoms with Crippen molar-refractivity contribution in [1.82, 2.24) is 14.9 Å². The Kier molecular flexibility index (Phi) is 5.98. The molecule has 4 rings (SSSR count). The van der Waals surface area contributed by atoms with Crippen LogP contribution >= 0.6 is 0 Å². The van der Waals surface area contributed by atoms with Gasteiger partial charge in [-0.1, -0.05) is 0 Å². The summed E-state index contributed by atoms with van der Waals surface area (Å²) in [6.07, 6.45) is 4.18. The summed E-state index contributed by atoms with van der Waals surface area (Å²) in [5.74, 6) is 1.15. The molecule has 2 aliphatic rings. The topological polar surface area (TPSA) is 46.5 Å².